The Morgan fingerprint density at radius 2 is 1.83 bits per heavy atom. The second kappa shape index (κ2) is 7.35. The number of aryl methyl sites for hydroxylation is 1. The molecule has 1 heterocycles. The van der Waals surface area contributed by atoms with E-state index in [2.05, 4.69) is 9.71 Å². The summed E-state index contributed by atoms with van der Waals surface area (Å²) in [4.78, 5) is 27.4. The Labute approximate surface area is 141 Å². The molecular formula is C13H14ClN3O4S2. The Hall–Kier alpha value is -1.55. The van der Waals surface area contributed by atoms with Gasteiger partial charge in [0.25, 0.3) is 5.56 Å². The number of hydrogen-bond acceptors (Lipinski definition) is 5. The summed E-state index contributed by atoms with van der Waals surface area (Å²) < 4.78 is 26.7. The molecule has 0 unspecified atom stereocenters. The fourth-order valence-electron chi connectivity index (χ4n) is 1.86. The van der Waals surface area contributed by atoms with Gasteiger partial charge in [0, 0.05) is 27.9 Å². The largest absolute Gasteiger partial charge is 0.325 e. The number of halogens is 1. The zero-order chi connectivity index (χ0) is 17.0. The Morgan fingerprint density at radius 1 is 1.17 bits per heavy atom. The van der Waals surface area contributed by atoms with Gasteiger partial charge in [0.1, 0.15) is 0 Å². The normalized spacial score (nSPS) is 11.6. The molecule has 10 heteroatoms. The molecule has 0 atom stereocenters. The highest BCUT2D eigenvalue weighted by Gasteiger charge is 2.21. The highest BCUT2D eigenvalue weighted by atomic mass is 35.5. The van der Waals surface area contributed by atoms with E-state index in [1.54, 1.807) is 12.1 Å². The predicted octanol–water partition coefficient (Wildman–Crippen LogP) is 1.10. The molecule has 7 nitrogen and oxygen atoms in total. The number of hydrogen-bond donors (Lipinski definition) is 3. The third-order valence-electron chi connectivity index (χ3n) is 2.82. The summed E-state index contributed by atoms with van der Waals surface area (Å²) >= 11 is 7.23. The molecule has 1 aromatic carbocycles. The van der Waals surface area contributed by atoms with E-state index in [0.29, 0.717) is 10.8 Å². The minimum Gasteiger partial charge on any atom is -0.310 e. The highest BCUT2D eigenvalue weighted by molar-refractivity contribution is 7.99. The van der Waals surface area contributed by atoms with Crippen molar-refractivity contribution in [2.24, 2.45) is 0 Å². The molecule has 0 amide bonds. The van der Waals surface area contributed by atoms with E-state index in [1.165, 1.54) is 18.7 Å². The van der Waals surface area contributed by atoms with Crippen molar-refractivity contribution < 1.29 is 8.42 Å². The van der Waals surface area contributed by atoms with Crippen LogP contribution >= 0.6 is 23.4 Å². The van der Waals surface area contributed by atoms with E-state index >= 15 is 0 Å². The lowest BCUT2D eigenvalue weighted by molar-refractivity contribution is 0.580. The van der Waals surface area contributed by atoms with Crippen LogP contribution in [0.3, 0.4) is 0 Å². The number of aromatic amines is 2. The van der Waals surface area contributed by atoms with E-state index in [-0.39, 0.29) is 12.2 Å². The van der Waals surface area contributed by atoms with Crippen LogP contribution in [-0.4, -0.2) is 30.7 Å². The van der Waals surface area contributed by atoms with Crippen molar-refractivity contribution >= 4 is 33.4 Å². The van der Waals surface area contributed by atoms with E-state index < -0.39 is 26.2 Å². The van der Waals surface area contributed by atoms with Gasteiger partial charge in [-0.05, 0) is 31.2 Å². The average molecular weight is 376 g/mol. The topological polar surface area (TPSA) is 112 Å². The zero-order valence-electron chi connectivity index (χ0n) is 12.1. The van der Waals surface area contributed by atoms with E-state index in [1.807, 2.05) is 17.1 Å². The zero-order valence-corrected chi connectivity index (χ0v) is 14.4. The fourth-order valence-corrected chi connectivity index (χ4v) is 4.15. The number of aromatic nitrogens is 2. The van der Waals surface area contributed by atoms with Crippen LogP contribution in [0.25, 0.3) is 0 Å². The minimum atomic E-state index is -4.00. The monoisotopic (exact) mass is 375 g/mol. The molecule has 1 aromatic heterocycles. The quantitative estimate of drug-likeness (QED) is 0.517. The maximum absolute atomic E-state index is 12.2. The van der Waals surface area contributed by atoms with Crippen LogP contribution < -0.4 is 16.0 Å². The smallest absolute Gasteiger partial charge is 0.310 e. The lowest BCUT2D eigenvalue weighted by atomic mass is 10.4. The van der Waals surface area contributed by atoms with E-state index in [4.69, 9.17) is 11.6 Å². The Bertz CT molecular complexity index is 904. The van der Waals surface area contributed by atoms with E-state index in [0.717, 1.165) is 4.90 Å². The number of H-pyrrole nitrogens is 2. The van der Waals surface area contributed by atoms with Gasteiger partial charge >= 0.3 is 5.69 Å². The molecular weight excluding hydrogens is 362 g/mol. The van der Waals surface area contributed by atoms with Crippen LogP contribution in [0.15, 0.2) is 43.6 Å². The van der Waals surface area contributed by atoms with Crippen molar-refractivity contribution in [2.45, 2.75) is 16.7 Å². The van der Waals surface area contributed by atoms with Crippen molar-refractivity contribution in [1.29, 1.82) is 0 Å². The summed E-state index contributed by atoms with van der Waals surface area (Å²) in [5, 5.41) is 0.628. The van der Waals surface area contributed by atoms with Crippen molar-refractivity contribution in [1.82, 2.24) is 14.7 Å². The van der Waals surface area contributed by atoms with Gasteiger partial charge in [0.05, 0.1) is 0 Å². The number of benzene rings is 1. The molecule has 0 aliphatic carbocycles. The molecule has 3 N–H and O–H groups in total. The molecule has 23 heavy (non-hydrogen) atoms. The van der Waals surface area contributed by atoms with Gasteiger partial charge < -0.3 is 4.98 Å². The maximum atomic E-state index is 12.2. The van der Waals surface area contributed by atoms with Crippen molar-refractivity contribution in [3.8, 4) is 0 Å². The van der Waals surface area contributed by atoms with Crippen LogP contribution in [0.4, 0.5) is 0 Å². The molecule has 0 radical (unpaired) electrons. The van der Waals surface area contributed by atoms with Gasteiger partial charge in [-0.15, -0.1) is 11.8 Å². The predicted molar refractivity (Wildman–Crippen MR) is 89.8 cm³/mol. The van der Waals surface area contributed by atoms with Crippen LogP contribution in [0.5, 0.6) is 0 Å². The first-order chi connectivity index (χ1) is 10.8. The maximum Gasteiger partial charge on any atom is 0.325 e. The lowest BCUT2D eigenvalue weighted by Crippen LogP contribution is -2.35. The SMILES string of the molecule is Cc1[nH]c(=O)[nH]c(=O)c1S(=O)(=O)NCCSc1ccc(Cl)cc1. The number of thioether (sulfide) groups is 1. The van der Waals surface area contributed by atoms with Gasteiger partial charge in [-0.2, -0.15) is 0 Å². The molecule has 0 saturated heterocycles. The van der Waals surface area contributed by atoms with E-state index in [9.17, 15) is 18.0 Å². The molecule has 2 rings (SSSR count). The molecule has 0 aliphatic heterocycles. The van der Waals surface area contributed by atoms with Crippen LogP contribution in [0.2, 0.25) is 5.02 Å². The number of nitrogens with one attached hydrogen (secondary N) is 3. The first-order valence-corrected chi connectivity index (χ1v) is 9.35. The molecule has 0 fully saturated rings. The van der Waals surface area contributed by atoms with Crippen molar-refractivity contribution in [3.63, 3.8) is 0 Å². The molecule has 124 valence electrons. The fraction of sp³-hybridized carbons (Fsp3) is 0.231. The molecule has 0 spiro atoms. The Morgan fingerprint density at radius 3 is 2.43 bits per heavy atom. The molecule has 0 aliphatic rings. The van der Waals surface area contributed by atoms with Crippen molar-refractivity contribution in [2.75, 3.05) is 12.3 Å². The van der Waals surface area contributed by atoms with Gasteiger partial charge in [-0.1, -0.05) is 11.6 Å². The standard InChI is InChI=1S/C13H14ClN3O4S2/c1-8-11(12(18)17-13(19)16-8)23(20,21)15-6-7-22-10-4-2-9(14)3-5-10/h2-5,15H,6-7H2,1H3,(H2,16,17,18,19). The van der Waals surface area contributed by atoms with Gasteiger partial charge in [-0.3, -0.25) is 9.78 Å². The Balaban J connectivity index is 2.01. The first kappa shape index (κ1) is 17.8. The third-order valence-corrected chi connectivity index (χ3v) is 5.70. The summed E-state index contributed by atoms with van der Waals surface area (Å²) in [5.41, 5.74) is -1.69. The second-order valence-electron chi connectivity index (χ2n) is 4.56. The van der Waals surface area contributed by atoms with Gasteiger partial charge in [-0.25, -0.2) is 17.9 Å². The number of sulfonamides is 1. The molecule has 2 aromatic rings. The summed E-state index contributed by atoms with van der Waals surface area (Å²) in [6.45, 7) is 1.49. The molecule has 0 saturated carbocycles. The van der Waals surface area contributed by atoms with Gasteiger partial charge in [0.15, 0.2) is 4.90 Å². The van der Waals surface area contributed by atoms with Crippen LogP contribution in [0, 0.1) is 6.92 Å². The molecule has 0 bridgehead atoms. The summed E-state index contributed by atoms with van der Waals surface area (Å²) in [7, 11) is -4.00. The van der Waals surface area contributed by atoms with Crippen LogP contribution in [0.1, 0.15) is 5.69 Å². The van der Waals surface area contributed by atoms with Gasteiger partial charge in [0.2, 0.25) is 10.0 Å². The second-order valence-corrected chi connectivity index (χ2v) is 7.87. The lowest BCUT2D eigenvalue weighted by Gasteiger charge is -2.08. The first-order valence-electron chi connectivity index (χ1n) is 6.51. The average Bonchev–Trinajstić information content (AvgIpc) is 2.44. The van der Waals surface area contributed by atoms with Crippen LogP contribution in [-0.2, 0) is 10.0 Å². The van der Waals surface area contributed by atoms with Crippen molar-refractivity contribution in [3.05, 3.63) is 55.8 Å². The third kappa shape index (κ3) is 4.71. The Kier molecular flexibility index (Phi) is 5.69. The number of rotatable bonds is 6. The summed E-state index contributed by atoms with van der Waals surface area (Å²) in [6.07, 6.45) is 0. The summed E-state index contributed by atoms with van der Waals surface area (Å²) in [5.74, 6) is 0.473. The summed E-state index contributed by atoms with van der Waals surface area (Å²) in [6, 6.07) is 7.16. The minimum absolute atomic E-state index is 0.00314. The highest BCUT2D eigenvalue weighted by Crippen LogP contribution is 2.19.